The van der Waals surface area contributed by atoms with Gasteiger partial charge in [-0.1, -0.05) is 24.3 Å². The van der Waals surface area contributed by atoms with Gasteiger partial charge in [-0.15, -0.1) is 0 Å². The van der Waals surface area contributed by atoms with Gasteiger partial charge in [0.15, 0.2) is 0 Å². The number of nitrogens with zero attached hydrogens (tertiary/aromatic N) is 1. The Bertz CT molecular complexity index is 550. The van der Waals surface area contributed by atoms with Crippen LogP contribution in [0.4, 0.5) is 0 Å². The average Bonchev–Trinajstić information content (AvgIpc) is 2.95. The molecule has 2 amide bonds. The van der Waals surface area contributed by atoms with E-state index < -0.39 is 6.04 Å². The fourth-order valence-corrected chi connectivity index (χ4v) is 3.12. The highest BCUT2D eigenvalue weighted by molar-refractivity contribution is 7.98. The van der Waals surface area contributed by atoms with Gasteiger partial charge in [-0.2, -0.15) is 11.8 Å². The lowest BCUT2D eigenvalue weighted by Crippen LogP contribution is -2.40. The van der Waals surface area contributed by atoms with Gasteiger partial charge in [0.1, 0.15) is 0 Å². The van der Waals surface area contributed by atoms with Gasteiger partial charge in [0.2, 0.25) is 11.8 Å². The van der Waals surface area contributed by atoms with Crippen molar-refractivity contribution >= 4 is 23.6 Å². The first kappa shape index (κ1) is 17.8. The van der Waals surface area contributed by atoms with Crippen LogP contribution in [-0.2, 0) is 22.7 Å². The smallest absolute Gasteiger partial charge is 0.237 e. The third-order valence-electron chi connectivity index (χ3n) is 3.97. The lowest BCUT2D eigenvalue weighted by atomic mass is 10.1. The van der Waals surface area contributed by atoms with Crippen LogP contribution in [0, 0.1) is 0 Å². The van der Waals surface area contributed by atoms with Crippen molar-refractivity contribution in [2.24, 2.45) is 5.73 Å². The topological polar surface area (TPSA) is 75.4 Å². The van der Waals surface area contributed by atoms with Gasteiger partial charge < -0.3 is 16.0 Å². The highest BCUT2D eigenvalue weighted by atomic mass is 32.2. The lowest BCUT2D eigenvalue weighted by Gasteiger charge is -2.16. The summed E-state index contributed by atoms with van der Waals surface area (Å²) >= 11 is 1.69. The van der Waals surface area contributed by atoms with Crippen molar-refractivity contribution in [2.75, 3.05) is 18.6 Å². The number of carbonyl (C=O) groups is 2. The van der Waals surface area contributed by atoms with Crippen LogP contribution < -0.4 is 11.1 Å². The number of hydrogen-bond donors (Lipinski definition) is 2. The third-order valence-corrected chi connectivity index (χ3v) is 4.62. The maximum absolute atomic E-state index is 11.9. The number of benzene rings is 1. The van der Waals surface area contributed by atoms with Crippen LogP contribution in [0.5, 0.6) is 0 Å². The predicted molar refractivity (Wildman–Crippen MR) is 93.9 cm³/mol. The van der Waals surface area contributed by atoms with Crippen molar-refractivity contribution < 1.29 is 9.59 Å². The molecule has 0 bridgehead atoms. The average molecular weight is 335 g/mol. The van der Waals surface area contributed by atoms with Gasteiger partial charge in [0, 0.05) is 26.1 Å². The summed E-state index contributed by atoms with van der Waals surface area (Å²) in [5, 5.41) is 2.88. The molecular formula is C17H25N3O2S. The summed E-state index contributed by atoms with van der Waals surface area (Å²) in [7, 11) is 0. The van der Waals surface area contributed by atoms with Gasteiger partial charge in [-0.05, 0) is 36.0 Å². The van der Waals surface area contributed by atoms with Crippen molar-refractivity contribution in [3.63, 3.8) is 0 Å². The van der Waals surface area contributed by atoms with E-state index in [2.05, 4.69) is 5.32 Å². The van der Waals surface area contributed by atoms with Crippen molar-refractivity contribution in [3.05, 3.63) is 35.4 Å². The fourth-order valence-electron chi connectivity index (χ4n) is 2.63. The molecule has 0 unspecified atom stereocenters. The first-order valence-electron chi connectivity index (χ1n) is 7.98. The second kappa shape index (κ2) is 8.93. The Morgan fingerprint density at radius 2 is 2.22 bits per heavy atom. The first-order valence-corrected chi connectivity index (χ1v) is 9.37. The van der Waals surface area contributed by atoms with Crippen LogP contribution >= 0.6 is 11.8 Å². The number of nitrogens with two attached hydrogens (primary N) is 1. The van der Waals surface area contributed by atoms with E-state index in [0.717, 1.165) is 29.8 Å². The van der Waals surface area contributed by atoms with Crippen molar-refractivity contribution in [2.45, 2.75) is 38.4 Å². The first-order chi connectivity index (χ1) is 11.1. The van der Waals surface area contributed by atoms with Gasteiger partial charge in [-0.3, -0.25) is 9.59 Å². The minimum atomic E-state index is -0.451. The number of amides is 2. The molecular weight excluding hydrogens is 310 g/mol. The van der Waals surface area contributed by atoms with Crippen LogP contribution in [0.15, 0.2) is 24.3 Å². The normalized spacial score (nSPS) is 15.7. The van der Waals surface area contributed by atoms with Crippen LogP contribution in [-0.4, -0.2) is 41.3 Å². The Kier molecular flexibility index (Phi) is 6.92. The molecule has 1 aliphatic rings. The van der Waals surface area contributed by atoms with E-state index >= 15 is 0 Å². The molecule has 0 aliphatic carbocycles. The summed E-state index contributed by atoms with van der Waals surface area (Å²) in [6.07, 6.45) is 4.29. The molecule has 3 N–H and O–H groups in total. The van der Waals surface area contributed by atoms with E-state index in [9.17, 15) is 9.59 Å². The van der Waals surface area contributed by atoms with Crippen molar-refractivity contribution in [3.8, 4) is 0 Å². The molecule has 23 heavy (non-hydrogen) atoms. The van der Waals surface area contributed by atoms with Crippen molar-refractivity contribution in [1.82, 2.24) is 10.2 Å². The molecule has 1 aromatic rings. The Morgan fingerprint density at radius 1 is 1.43 bits per heavy atom. The minimum absolute atomic E-state index is 0.112. The maximum Gasteiger partial charge on any atom is 0.237 e. The predicted octanol–water partition coefficient (Wildman–Crippen LogP) is 1.51. The molecule has 1 heterocycles. The molecule has 6 heteroatoms. The number of thioether (sulfide) groups is 1. The van der Waals surface area contributed by atoms with E-state index in [1.165, 1.54) is 0 Å². The second-order valence-electron chi connectivity index (χ2n) is 5.84. The van der Waals surface area contributed by atoms with Crippen LogP contribution in [0.3, 0.4) is 0 Å². The maximum atomic E-state index is 11.9. The molecule has 1 aliphatic heterocycles. The summed E-state index contributed by atoms with van der Waals surface area (Å²) in [6.45, 7) is 1.95. The molecule has 0 saturated carbocycles. The molecule has 1 fully saturated rings. The van der Waals surface area contributed by atoms with E-state index in [0.29, 0.717) is 25.9 Å². The van der Waals surface area contributed by atoms with E-state index in [4.69, 9.17) is 5.73 Å². The van der Waals surface area contributed by atoms with Crippen LogP contribution in [0.1, 0.15) is 30.4 Å². The molecule has 5 nitrogen and oxygen atoms in total. The second-order valence-corrected chi connectivity index (χ2v) is 6.83. The summed E-state index contributed by atoms with van der Waals surface area (Å²) in [5.74, 6) is 0.996. The number of likely N-dealkylation sites (tertiary alicyclic amines) is 1. The molecule has 1 aromatic carbocycles. The summed E-state index contributed by atoms with van der Waals surface area (Å²) in [4.78, 5) is 25.5. The zero-order valence-electron chi connectivity index (χ0n) is 13.6. The number of nitrogens with one attached hydrogen (secondary N) is 1. The standard InChI is InChI=1S/C17H25N3O2S/c1-23-9-7-15(18)17(22)19-11-13-4-2-5-14(10-13)12-20-8-3-6-16(20)21/h2,4-5,10,15H,3,6-9,11-12,18H2,1H3,(H,19,22)/t15-/m0/s1. The Hall–Kier alpha value is -1.53. The molecule has 1 atom stereocenters. The van der Waals surface area contributed by atoms with E-state index in [-0.39, 0.29) is 11.8 Å². The lowest BCUT2D eigenvalue weighted by molar-refractivity contribution is -0.128. The molecule has 0 aromatic heterocycles. The zero-order valence-corrected chi connectivity index (χ0v) is 14.4. The molecule has 1 saturated heterocycles. The van der Waals surface area contributed by atoms with Gasteiger partial charge >= 0.3 is 0 Å². The summed E-state index contributed by atoms with van der Waals surface area (Å²) < 4.78 is 0. The van der Waals surface area contributed by atoms with Crippen LogP contribution in [0.2, 0.25) is 0 Å². The molecule has 2 rings (SSSR count). The van der Waals surface area contributed by atoms with Gasteiger partial charge in [0.25, 0.3) is 0 Å². The highest BCUT2D eigenvalue weighted by Crippen LogP contribution is 2.15. The number of hydrogen-bond acceptors (Lipinski definition) is 4. The minimum Gasteiger partial charge on any atom is -0.351 e. The Morgan fingerprint density at radius 3 is 2.91 bits per heavy atom. The summed E-state index contributed by atoms with van der Waals surface area (Å²) in [5.41, 5.74) is 7.98. The number of rotatable bonds is 8. The van der Waals surface area contributed by atoms with E-state index in [1.807, 2.05) is 35.4 Å². The SMILES string of the molecule is CSCC[C@H](N)C(=O)NCc1cccc(CN2CCCC2=O)c1. The van der Waals surface area contributed by atoms with Crippen molar-refractivity contribution in [1.29, 1.82) is 0 Å². The third kappa shape index (κ3) is 5.55. The highest BCUT2D eigenvalue weighted by Gasteiger charge is 2.20. The Balaban J connectivity index is 1.85. The number of carbonyl (C=O) groups excluding carboxylic acids is 2. The molecule has 126 valence electrons. The fraction of sp³-hybridized carbons (Fsp3) is 0.529. The summed E-state index contributed by atoms with van der Waals surface area (Å²) in [6, 6.07) is 7.54. The zero-order chi connectivity index (χ0) is 16.7. The largest absolute Gasteiger partial charge is 0.351 e. The van der Waals surface area contributed by atoms with E-state index in [1.54, 1.807) is 11.8 Å². The quantitative estimate of drug-likeness (QED) is 0.755. The van der Waals surface area contributed by atoms with Crippen LogP contribution in [0.25, 0.3) is 0 Å². The Labute approximate surface area is 142 Å². The molecule has 0 radical (unpaired) electrons. The van der Waals surface area contributed by atoms with Gasteiger partial charge in [0.05, 0.1) is 6.04 Å². The molecule has 0 spiro atoms. The van der Waals surface area contributed by atoms with Gasteiger partial charge in [-0.25, -0.2) is 0 Å². The monoisotopic (exact) mass is 335 g/mol.